The molecule has 3 N–H and O–H groups in total. The molecule has 1 rings (SSSR count). The summed E-state index contributed by atoms with van der Waals surface area (Å²) in [4.78, 5) is 10.9. The first-order valence-corrected chi connectivity index (χ1v) is 5.49. The van der Waals surface area contributed by atoms with Crippen molar-refractivity contribution < 1.29 is 9.90 Å². The van der Waals surface area contributed by atoms with E-state index >= 15 is 0 Å². The van der Waals surface area contributed by atoms with Gasteiger partial charge in [-0.15, -0.1) is 0 Å². The Morgan fingerprint density at radius 3 is 2.81 bits per heavy atom. The molecule has 1 aromatic rings. The van der Waals surface area contributed by atoms with Gasteiger partial charge in [0, 0.05) is 22.8 Å². The Bertz CT molecular complexity index is 477. The van der Waals surface area contributed by atoms with Crippen molar-refractivity contribution in [1.82, 2.24) is 0 Å². The van der Waals surface area contributed by atoms with Crippen molar-refractivity contribution >= 4 is 35.9 Å². The fraction of sp³-hybridized carbons (Fsp3) is 0.182. The van der Waals surface area contributed by atoms with E-state index in [0.29, 0.717) is 22.8 Å². The van der Waals surface area contributed by atoms with Gasteiger partial charge in [0.1, 0.15) is 0 Å². The van der Waals surface area contributed by atoms with Crippen LogP contribution in [-0.2, 0) is 0 Å². The molecule has 84 valence electrons. The molecule has 0 aromatic heterocycles. The molecule has 0 saturated heterocycles. The van der Waals surface area contributed by atoms with E-state index in [1.165, 1.54) is 6.07 Å². The monoisotopic (exact) mass is 255 g/mol. The van der Waals surface area contributed by atoms with Gasteiger partial charge in [0.05, 0.1) is 11.3 Å². The molecule has 16 heavy (non-hydrogen) atoms. The van der Waals surface area contributed by atoms with E-state index in [1.54, 1.807) is 6.07 Å². The highest BCUT2D eigenvalue weighted by Crippen LogP contribution is 2.22. The van der Waals surface area contributed by atoms with Gasteiger partial charge in [-0.2, -0.15) is 12.6 Å². The molecule has 0 saturated carbocycles. The summed E-state index contributed by atoms with van der Waals surface area (Å²) in [6.07, 6.45) is 0.609. The van der Waals surface area contributed by atoms with Gasteiger partial charge in [-0.25, -0.2) is 4.79 Å². The Labute approximate surface area is 104 Å². The quantitative estimate of drug-likeness (QED) is 0.432. The molecular weight excluding hydrogens is 246 g/mol. The summed E-state index contributed by atoms with van der Waals surface area (Å²) >= 11 is 9.79. The van der Waals surface area contributed by atoms with Crippen LogP contribution in [0, 0.1) is 11.8 Å². The minimum Gasteiger partial charge on any atom is -0.478 e. The minimum absolute atomic E-state index is 0.0253. The molecule has 0 heterocycles. The normalized spacial score (nSPS) is 9.38. The second-order valence-electron chi connectivity index (χ2n) is 3.00. The van der Waals surface area contributed by atoms with E-state index in [9.17, 15) is 4.79 Å². The number of aromatic carboxylic acids is 1. The van der Waals surface area contributed by atoms with E-state index in [0.717, 1.165) is 0 Å². The first-order chi connectivity index (χ1) is 7.56. The highest BCUT2D eigenvalue weighted by molar-refractivity contribution is 7.80. The topological polar surface area (TPSA) is 63.3 Å². The maximum Gasteiger partial charge on any atom is 0.337 e. The van der Waals surface area contributed by atoms with Crippen LogP contribution < -0.4 is 5.73 Å². The molecule has 0 spiro atoms. The van der Waals surface area contributed by atoms with E-state index < -0.39 is 5.97 Å². The second kappa shape index (κ2) is 5.69. The Balaban J connectivity index is 3.21. The van der Waals surface area contributed by atoms with Crippen LogP contribution in [0.3, 0.4) is 0 Å². The molecule has 5 heteroatoms. The van der Waals surface area contributed by atoms with Crippen molar-refractivity contribution in [3.8, 4) is 11.8 Å². The molecule has 1 aromatic carbocycles. The van der Waals surface area contributed by atoms with Gasteiger partial charge < -0.3 is 10.8 Å². The van der Waals surface area contributed by atoms with Crippen molar-refractivity contribution in [3.63, 3.8) is 0 Å². The molecule has 0 fully saturated rings. The van der Waals surface area contributed by atoms with Crippen LogP contribution in [0.5, 0.6) is 0 Å². The molecule has 0 unspecified atom stereocenters. The molecule has 0 bridgehead atoms. The number of hydrogen-bond acceptors (Lipinski definition) is 3. The summed E-state index contributed by atoms with van der Waals surface area (Å²) < 4.78 is 0. The number of nitrogens with two attached hydrogens (primary N) is 1. The van der Waals surface area contributed by atoms with E-state index in [2.05, 4.69) is 24.5 Å². The van der Waals surface area contributed by atoms with E-state index in [4.69, 9.17) is 22.4 Å². The minimum atomic E-state index is -1.11. The number of halogens is 1. The lowest BCUT2D eigenvalue weighted by Gasteiger charge is -2.04. The highest BCUT2D eigenvalue weighted by Gasteiger charge is 2.11. The molecule has 0 aliphatic rings. The third-order valence-electron chi connectivity index (χ3n) is 1.84. The van der Waals surface area contributed by atoms with Gasteiger partial charge in [0.15, 0.2) is 0 Å². The summed E-state index contributed by atoms with van der Waals surface area (Å²) in [5.41, 5.74) is 6.23. The predicted octanol–water partition coefficient (Wildman–Crippen LogP) is 2.29. The lowest BCUT2D eigenvalue weighted by Crippen LogP contribution is -2.04. The summed E-state index contributed by atoms with van der Waals surface area (Å²) in [6, 6.07) is 2.86. The van der Waals surface area contributed by atoms with Crippen molar-refractivity contribution in [2.75, 3.05) is 11.5 Å². The summed E-state index contributed by atoms with van der Waals surface area (Å²) in [5, 5.41) is 9.19. The molecule has 0 radical (unpaired) electrons. The van der Waals surface area contributed by atoms with Gasteiger partial charge in [-0.05, 0) is 12.1 Å². The largest absolute Gasteiger partial charge is 0.478 e. The van der Waals surface area contributed by atoms with Crippen LogP contribution >= 0.6 is 24.2 Å². The van der Waals surface area contributed by atoms with Gasteiger partial charge in [0.2, 0.25) is 0 Å². The number of carboxylic acid groups (broad SMARTS) is 1. The zero-order valence-corrected chi connectivity index (χ0v) is 9.98. The number of hydrogen-bond donors (Lipinski definition) is 3. The van der Waals surface area contributed by atoms with Crippen molar-refractivity contribution in [3.05, 3.63) is 28.3 Å². The van der Waals surface area contributed by atoms with Gasteiger partial charge in [0.25, 0.3) is 0 Å². The number of carboxylic acids is 1. The Hall–Kier alpha value is -1.31. The average Bonchev–Trinajstić information content (AvgIpc) is 2.22. The molecule has 0 aliphatic carbocycles. The molecule has 3 nitrogen and oxygen atoms in total. The van der Waals surface area contributed by atoms with E-state index in [-0.39, 0.29) is 11.3 Å². The van der Waals surface area contributed by atoms with Crippen LogP contribution in [0.1, 0.15) is 22.3 Å². The maximum atomic E-state index is 10.9. The Kier molecular flexibility index (Phi) is 4.53. The SMILES string of the molecule is Nc1c(C#CCCS)cc(Cl)cc1C(=O)O. The standard InChI is InChI=1S/C11H10ClNO2S/c12-8-5-7(3-1-2-4-16)10(13)9(6-8)11(14)15/h5-6,16H,2,4,13H2,(H,14,15). The van der Waals surface area contributed by atoms with Gasteiger partial charge in [-0.1, -0.05) is 23.4 Å². The highest BCUT2D eigenvalue weighted by atomic mass is 35.5. The third-order valence-corrected chi connectivity index (χ3v) is 2.28. The second-order valence-corrected chi connectivity index (χ2v) is 3.88. The van der Waals surface area contributed by atoms with Crippen molar-refractivity contribution in [2.45, 2.75) is 6.42 Å². The van der Waals surface area contributed by atoms with Crippen LogP contribution in [0.15, 0.2) is 12.1 Å². The zero-order chi connectivity index (χ0) is 12.1. The fourth-order valence-corrected chi connectivity index (χ4v) is 1.44. The lowest BCUT2D eigenvalue weighted by atomic mass is 10.1. The number of benzene rings is 1. The number of anilines is 1. The predicted molar refractivity (Wildman–Crippen MR) is 68.2 cm³/mol. The van der Waals surface area contributed by atoms with Gasteiger partial charge >= 0.3 is 5.97 Å². The zero-order valence-electron chi connectivity index (χ0n) is 8.33. The number of carbonyl (C=O) groups is 1. The van der Waals surface area contributed by atoms with Gasteiger partial charge in [-0.3, -0.25) is 0 Å². The first-order valence-electron chi connectivity index (χ1n) is 4.48. The molecule has 0 atom stereocenters. The van der Waals surface area contributed by atoms with Crippen molar-refractivity contribution in [1.29, 1.82) is 0 Å². The maximum absolute atomic E-state index is 10.9. The van der Waals surface area contributed by atoms with Crippen LogP contribution in [0.25, 0.3) is 0 Å². The van der Waals surface area contributed by atoms with Crippen LogP contribution in [0.4, 0.5) is 5.69 Å². The molecule has 0 aliphatic heterocycles. The fourth-order valence-electron chi connectivity index (χ4n) is 1.11. The smallest absolute Gasteiger partial charge is 0.337 e. The van der Waals surface area contributed by atoms with E-state index in [1.807, 2.05) is 0 Å². The summed E-state index contributed by atoms with van der Waals surface area (Å²) in [5.74, 6) is 5.13. The summed E-state index contributed by atoms with van der Waals surface area (Å²) in [6.45, 7) is 0. The average molecular weight is 256 g/mol. The lowest BCUT2D eigenvalue weighted by molar-refractivity contribution is 0.0698. The molecular formula is C11H10ClNO2S. The number of nitrogen functional groups attached to an aromatic ring is 1. The Morgan fingerprint density at radius 1 is 1.56 bits per heavy atom. The summed E-state index contributed by atoms with van der Waals surface area (Å²) in [7, 11) is 0. The number of rotatable bonds is 2. The first kappa shape index (κ1) is 12.8. The number of thiol groups is 1. The Morgan fingerprint density at radius 2 is 2.25 bits per heavy atom. The van der Waals surface area contributed by atoms with Crippen LogP contribution in [-0.4, -0.2) is 16.8 Å². The third kappa shape index (κ3) is 3.09. The molecule has 0 amide bonds. The van der Waals surface area contributed by atoms with Crippen LogP contribution in [0.2, 0.25) is 5.02 Å². The van der Waals surface area contributed by atoms with Crippen molar-refractivity contribution in [2.24, 2.45) is 0 Å².